The smallest absolute Gasteiger partial charge is 0.259 e. The van der Waals surface area contributed by atoms with Crippen molar-refractivity contribution in [3.05, 3.63) is 94.7 Å². The zero-order chi connectivity index (χ0) is 26.9. The maximum atomic E-state index is 14.5. The molecule has 0 saturated heterocycles. The van der Waals surface area contributed by atoms with E-state index < -0.39 is 17.5 Å². The molecule has 0 aliphatic rings. The van der Waals surface area contributed by atoms with E-state index in [0.29, 0.717) is 17.0 Å². The minimum absolute atomic E-state index is 0.0121. The van der Waals surface area contributed by atoms with Crippen LogP contribution in [-0.2, 0) is 6.61 Å². The topological polar surface area (TPSA) is 152 Å². The van der Waals surface area contributed by atoms with E-state index in [2.05, 4.69) is 15.8 Å². The van der Waals surface area contributed by atoms with Crippen LogP contribution in [0.15, 0.2) is 70.4 Å². The van der Waals surface area contributed by atoms with Gasteiger partial charge in [-0.15, -0.1) is 0 Å². The Bertz CT molecular complexity index is 1480. The van der Waals surface area contributed by atoms with Crippen molar-refractivity contribution in [2.45, 2.75) is 20.5 Å². The van der Waals surface area contributed by atoms with Gasteiger partial charge in [0.25, 0.3) is 5.91 Å². The highest BCUT2D eigenvalue weighted by Crippen LogP contribution is 2.26. The molecule has 0 aliphatic heterocycles. The highest BCUT2D eigenvalue weighted by Gasteiger charge is 2.19. The third-order valence-corrected chi connectivity index (χ3v) is 5.13. The molecule has 0 bridgehead atoms. The van der Waals surface area contributed by atoms with Gasteiger partial charge in [0.1, 0.15) is 35.8 Å². The van der Waals surface area contributed by atoms with E-state index in [1.165, 1.54) is 24.5 Å². The van der Waals surface area contributed by atoms with E-state index in [-0.39, 0.29) is 40.1 Å². The third kappa shape index (κ3) is 6.01. The number of rotatable bonds is 6. The van der Waals surface area contributed by atoms with Crippen LogP contribution < -0.4 is 27.2 Å². The first-order chi connectivity index (χ1) is 17.9. The Morgan fingerprint density at radius 1 is 1.11 bits per heavy atom. The highest BCUT2D eigenvalue weighted by molar-refractivity contribution is 6.13. The Morgan fingerprint density at radius 2 is 1.84 bits per heavy atom. The third-order valence-electron chi connectivity index (χ3n) is 5.13. The molecular weight excluding hydrogens is 482 g/mol. The number of hydrazine groups is 1. The van der Waals surface area contributed by atoms with Crippen LogP contribution in [0.2, 0.25) is 0 Å². The number of nitrogens with one attached hydrogen (secondary N) is 2. The predicted molar refractivity (Wildman–Crippen MR) is 135 cm³/mol. The van der Waals surface area contributed by atoms with E-state index in [1.54, 1.807) is 24.3 Å². The zero-order valence-electron chi connectivity index (χ0n) is 20.0. The van der Waals surface area contributed by atoms with Crippen molar-refractivity contribution < 1.29 is 22.7 Å². The van der Waals surface area contributed by atoms with E-state index in [0.717, 1.165) is 12.1 Å². The number of ether oxygens (including phenoxy) is 1. The lowest BCUT2D eigenvalue weighted by atomic mass is 10.1. The van der Waals surface area contributed by atoms with Gasteiger partial charge in [0, 0.05) is 16.6 Å². The van der Waals surface area contributed by atoms with Gasteiger partial charge in [-0.2, -0.15) is 10.4 Å². The molecule has 11 heteroatoms. The Balaban J connectivity index is 0.00000186. The maximum Gasteiger partial charge on any atom is 0.259 e. The SMILES string of the molecule is CC.N#Cc1cc(F)ccc1COc1ccc(NC(=O)c2coc3cc(/C(=N/N)NN)c(F)cc23)cc1. The second-order valence-corrected chi connectivity index (χ2v) is 7.28. The van der Waals surface area contributed by atoms with Gasteiger partial charge in [-0.3, -0.25) is 4.79 Å². The number of amides is 1. The number of carbonyl (C=O) groups excluding carboxylic acids is 1. The predicted octanol–water partition coefficient (Wildman–Crippen LogP) is 4.52. The molecule has 0 unspecified atom stereocenters. The zero-order valence-corrected chi connectivity index (χ0v) is 20.0. The van der Waals surface area contributed by atoms with Gasteiger partial charge in [-0.25, -0.2) is 14.6 Å². The van der Waals surface area contributed by atoms with Crippen LogP contribution in [0.3, 0.4) is 0 Å². The van der Waals surface area contributed by atoms with E-state index in [9.17, 15) is 13.6 Å². The second-order valence-electron chi connectivity index (χ2n) is 7.28. The maximum absolute atomic E-state index is 14.5. The summed E-state index contributed by atoms with van der Waals surface area (Å²) in [5, 5.41) is 15.5. The molecule has 0 radical (unpaired) electrons. The number of nitrogens with zero attached hydrogens (tertiary/aromatic N) is 2. The average molecular weight is 507 g/mol. The quantitative estimate of drug-likeness (QED) is 0.130. The summed E-state index contributed by atoms with van der Waals surface area (Å²) in [6, 6.07) is 14.7. The molecule has 0 spiro atoms. The molecule has 4 rings (SSSR count). The monoisotopic (exact) mass is 506 g/mol. The van der Waals surface area contributed by atoms with Crippen LogP contribution in [0.4, 0.5) is 14.5 Å². The number of furan rings is 1. The minimum atomic E-state index is -0.697. The molecule has 0 aliphatic carbocycles. The lowest BCUT2D eigenvalue weighted by Crippen LogP contribution is -2.32. The Morgan fingerprint density at radius 3 is 2.49 bits per heavy atom. The Labute approximate surface area is 211 Å². The standard InChI is InChI=1S/C24H18F2N6O3.C2H6/c25-15-2-1-13(14(7-15)10-27)11-34-17-5-3-16(4-6-17)30-24(33)20-12-35-22-9-19(23(31-28)32-29)21(26)8-18(20)22;1-2/h1-9,12H,11,28-29H2,(H,30,33)(H,31,32);1-2H3. The lowest BCUT2D eigenvalue weighted by molar-refractivity contribution is 0.102. The number of hydrogen-bond donors (Lipinski definition) is 4. The normalized spacial score (nSPS) is 10.8. The number of nitrogens with two attached hydrogens (primary N) is 2. The lowest BCUT2D eigenvalue weighted by Gasteiger charge is -2.09. The molecule has 0 saturated carbocycles. The number of hydrogen-bond acceptors (Lipinski definition) is 7. The number of benzene rings is 3. The van der Waals surface area contributed by atoms with Crippen molar-refractivity contribution >= 4 is 28.4 Å². The molecule has 1 amide bonds. The number of carbonyl (C=O) groups is 1. The van der Waals surface area contributed by atoms with Gasteiger partial charge >= 0.3 is 0 Å². The van der Waals surface area contributed by atoms with Gasteiger partial charge in [0.15, 0.2) is 5.84 Å². The number of amidine groups is 1. The molecule has 0 atom stereocenters. The van der Waals surface area contributed by atoms with Crippen molar-refractivity contribution in [3.63, 3.8) is 0 Å². The molecule has 3 aromatic carbocycles. The molecule has 1 heterocycles. The average Bonchev–Trinajstić information content (AvgIpc) is 3.33. The van der Waals surface area contributed by atoms with Crippen molar-refractivity contribution in [2.75, 3.05) is 5.32 Å². The van der Waals surface area contributed by atoms with Crippen LogP contribution in [-0.4, -0.2) is 11.7 Å². The van der Waals surface area contributed by atoms with Crippen LogP contribution in [0.25, 0.3) is 11.0 Å². The van der Waals surface area contributed by atoms with Crippen LogP contribution >= 0.6 is 0 Å². The fourth-order valence-corrected chi connectivity index (χ4v) is 3.36. The van der Waals surface area contributed by atoms with E-state index >= 15 is 0 Å². The molecule has 9 nitrogen and oxygen atoms in total. The van der Waals surface area contributed by atoms with E-state index in [1.807, 2.05) is 19.9 Å². The van der Waals surface area contributed by atoms with E-state index in [4.69, 9.17) is 26.1 Å². The molecule has 1 aromatic heterocycles. The molecule has 190 valence electrons. The van der Waals surface area contributed by atoms with Gasteiger partial charge in [0.2, 0.25) is 0 Å². The fourth-order valence-electron chi connectivity index (χ4n) is 3.36. The Hall–Kier alpha value is -4.95. The molecule has 37 heavy (non-hydrogen) atoms. The first kappa shape index (κ1) is 26.7. The van der Waals surface area contributed by atoms with Gasteiger partial charge in [-0.05, 0) is 48.5 Å². The van der Waals surface area contributed by atoms with Gasteiger partial charge < -0.3 is 25.7 Å². The molecule has 0 fully saturated rings. The van der Waals surface area contributed by atoms with Crippen molar-refractivity contribution in [1.29, 1.82) is 5.26 Å². The summed E-state index contributed by atoms with van der Waals surface area (Å²) in [6.07, 6.45) is 1.21. The summed E-state index contributed by atoms with van der Waals surface area (Å²) in [7, 11) is 0. The largest absolute Gasteiger partial charge is 0.489 e. The molecular formula is C26H24F2N6O3. The second kappa shape index (κ2) is 12.1. The molecule has 4 aromatic rings. The van der Waals surface area contributed by atoms with Gasteiger partial charge in [-0.1, -0.05) is 19.9 Å². The number of halogens is 2. The first-order valence-corrected chi connectivity index (χ1v) is 11.1. The van der Waals surface area contributed by atoms with Crippen molar-refractivity contribution in [2.24, 2.45) is 16.8 Å². The summed E-state index contributed by atoms with van der Waals surface area (Å²) in [5.41, 5.74) is 3.73. The number of anilines is 1. The number of hydrazone groups is 1. The number of nitriles is 1. The Kier molecular flexibility index (Phi) is 8.75. The van der Waals surface area contributed by atoms with Crippen LogP contribution in [0, 0.1) is 23.0 Å². The first-order valence-electron chi connectivity index (χ1n) is 11.1. The summed E-state index contributed by atoms with van der Waals surface area (Å²) in [5.74, 6) is 9.16. The summed E-state index contributed by atoms with van der Waals surface area (Å²) in [6.45, 7) is 4.07. The number of fused-ring (bicyclic) bond motifs is 1. The van der Waals surface area contributed by atoms with Gasteiger partial charge in [0.05, 0.1) is 22.8 Å². The highest BCUT2D eigenvalue weighted by atomic mass is 19.1. The van der Waals surface area contributed by atoms with Crippen molar-refractivity contribution in [3.8, 4) is 11.8 Å². The van der Waals surface area contributed by atoms with Crippen LogP contribution in [0.5, 0.6) is 5.75 Å². The van der Waals surface area contributed by atoms with Crippen LogP contribution in [0.1, 0.15) is 40.9 Å². The summed E-state index contributed by atoms with van der Waals surface area (Å²) in [4.78, 5) is 12.8. The summed E-state index contributed by atoms with van der Waals surface area (Å²) < 4.78 is 38.9. The van der Waals surface area contributed by atoms with Crippen molar-refractivity contribution in [1.82, 2.24) is 5.43 Å². The molecule has 6 N–H and O–H groups in total. The minimum Gasteiger partial charge on any atom is -0.489 e. The fraction of sp³-hybridized carbons (Fsp3) is 0.115. The summed E-state index contributed by atoms with van der Waals surface area (Å²) >= 11 is 0.